The molecule has 1 rings (SSSR count). The number of nitrogens with zero attached hydrogens (tertiary/aromatic N) is 2. The highest BCUT2D eigenvalue weighted by Crippen LogP contribution is 2.23. The third-order valence-electron chi connectivity index (χ3n) is 4.40. The summed E-state index contributed by atoms with van der Waals surface area (Å²) in [6.07, 6.45) is 4.41. The number of hydrogen-bond acceptors (Lipinski definition) is 3. The monoisotopic (exact) mass is 312 g/mol. The molecule has 0 bridgehead atoms. The van der Waals surface area contributed by atoms with Crippen LogP contribution in [0.4, 0.5) is 0 Å². The van der Waals surface area contributed by atoms with E-state index in [1.165, 1.54) is 0 Å². The van der Waals surface area contributed by atoms with Crippen molar-refractivity contribution in [3.63, 3.8) is 0 Å². The van der Waals surface area contributed by atoms with Gasteiger partial charge in [-0.15, -0.1) is 0 Å². The van der Waals surface area contributed by atoms with E-state index >= 15 is 0 Å². The highest BCUT2D eigenvalue weighted by atomic mass is 16.4. The van der Waals surface area contributed by atoms with Crippen molar-refractivity contribution in [1.82, 2.24) is 9.80 Å². The molecular weight excluding hydrogens is 280 g/mol. The fraction of sp³-hybridized carbons (Fsp3) is 0.882. The van der Waals surface area contributed by atoms with Gasteiger partial charge in [0, 0.05) is 25.6 Å². The van der Waals surface area contributed by atoms with Crippen molar-refractivity contribution in [2.24, 2.45) is 5.41 Å². The van der Waals surface area contributed by atoms with E-state index in [2.05, 4.69) is 20.8 Å². The van der Waals surface area contributed by atoms with E-state index in [-0.39, 0.29) is 17.9 Å². The Labute approximate surface area is 134 Å². The van der Waals surface area contributed by atoms with Gasteiger partial charge in [0.25, 0.3) is 0 Å². The molecule has 5 nitrogen and oxygen atoms in total. The van der Waals surface area contributed by atoms with E-state index in [9.17, 15) is 9.59 Å². The maximum atomic E-state index is 12.2. The first-order chi connectivity index (χ1) is 10.2. The van der Waals surface area contributed by atoms with Crippen molar-refractivity contribution >= 4 is 11.9 Å². The van der Waals surface area contributed by atoms with Crippen molar-refractivity contribution < 1.29 is 14.7 Å². The molecule has 22 heavy (non-hydrogen) atoms. The summed E-state index contributed by atoms with van der Waals surface area (Å²) in [4.78, 5) is 27.1. The second-order valence-corrected chi connectivity index (χ2v) is 7.48. The Balaban J connectivity index is 2.34. The van der Waals surface area contributed by atoms with Gasteiger partial charge in [0.05, 0.1) is 6.54 Å². The van der Waals surface area contributed by atoms with Gasteiger partial charge in [0.15, 0.2) is 0 Å². The van der Waals surface area contributed by atoms with Crippen LogP contribution in [-0.4, -0.2) is 59.0 Å². The maximum absolute atomic E-state index is 12.2. The fourth-order valence-electron chi connectivity index (χ4n) is 3.08. The summed E-state index contributed by atoms with van der Waals surface area (Å²) in [5.74, 6) is -0.522. The summed E-state index contributed by atoms with van der Waals surface area (Å²) in [6, 6.07) is 0.291. The van der Waals surface area contributed by atoms with Crippen LogP contribution in [-0.2, 0) is 9.59 Å². The number of aliphatic carboxylic acids is 1. The lowest BCUT2D eigenvalue weighted by molar-refractivity contribution is -0.140. The first-order valence-electron chi connectivity index (χ1n) is 8.46. The van der Waals surface area contributed by atoms with Gasteiger partial charge in [0.1, 0.15) is 0 Å². The minimum Gasteiger partial charge on any atom is -0.480 e. The molecule has 1 fully saturated rings. The summed E-state index contributed by atoms with van der Waals surface area (Å²) < 4.78 is 0. The Morgan fingerprint density at radius 1 is 1.23 bits per heavy atom. The second kappa shape index (κ2) is 8.51. The molecule has 1 amide bonds. The molecule has 0 spiro atoms. The number of hydrogen-bond donors (Lipinski definition) is 1. The van der Waals surface area contributed by atoms with Crippen molar-refractivity contribution in [3.05, 3.63) is 0 Å². The molecule has 1 heterocycles. The predicted molar refractivity (Wildman–Crippen MR) is 87.8 cm³/mol. The van der Waals surface area contributed by atoms with E-state index in [4.69, 9.17) is 5.11 Å². The van der Waals surface area contributed by atoms with Crippen molar-refractivity contribution in [2.45, 2.75) is 65.8 Å². The minimum absolute atomic E-state index is 0.0979. The average molecular weight is 312 g/mol. The molecule has 0 aromatic carbocycles. The molecule has 0 radical (unpaired) electrons. The van der Waals surface area contributed by atoms with Gasteiger partial charge in [-0.1, -0.05) is 27.7 Å². The van der Waals surface area contributed by atoms with Gasteiger partial charge in [-0.3, -0.25) is 14.5 Å². The number of rotatable bonds is 7. The van der Waals surface area contributed by atoms with Gasteiger partial charge in [0.2, 0.25) is 5.91 Å². The molecule has 0 saturated carbocycles. The van der Waals surface area contributed by atoms with Crippen molar-refractivity contribution in [1.29, 1.82) is 0 Å². The molecule has 0 unspecified atom stereocenters. The first-order valence-corrected chi connectivity index (χ1v) is 8.46. The molecule has 0 atom stereocenters. The maximum Gasteiger partial charge on any atom is 0.317 e. The zero-order valence-corrected chi connectivity index (χ0v) is 14.6. The van der Waals surface area contributed by atoms with Gasteiger partial charge < -0.3 is 10.0 Å². The van der Waals surface area contributed by atoms with Crippen LogP contribution in [0.15, 0.2) is 0 Å². The SMILES string of the molecule is CCN(CC(=O)O)C1CCN(C(=O)CCCC(C)(C)C)CC1. The van der Waals surface area contributed by atoms with Crippen LogP contribution in [0.25, 0.3) is 0 Å². The van der Waals surface area contributed by atoms with Crippen LogP contribution in [0.3, 0.4) is 0 Å². The predicted octanol–water partition coefficient (Wildman–Crippen LogP) is 2.60. The summed E-state index contributed by atoms with van der Waals surface area (Å²) in [5, 5.41) is 8.94. The van der Waals surface area contributed by atoms with Gasteiger partial charge in [-0.05, 0) is 37.6 Å². The summed E-state index contributed by atoms with van der Waals surface area (Å²) in [6.45, 7) is 11.0. The lowest BCUT2D eigenvalue weighted by Crippen LogP contribution is -2.48. The highest BCUT2D eigenvalue weighted by molar-refractivity contribution is 5.76. The molecule has 1 aliphatic rings. The highest BCUT2D eigenvalue weighted by Gasteiger charge is 2.27. The van der Waals surface area contributed by atoms with E-state index in [1.54, 1.807) is 0 Å². The van der Waals surface area contributed by atoms with E-state index < -0.39 is 5.97 Å². The number of carboxylic acids is 1. The van der Waals surface area contributed by atoms with Gasteiger partial charge in [-0.2, -0.15) is 0 Å². The van der Waals surface area contributed by atoms with Gasteiger partial charge >= 0.3 is 5.97 Å². The number of amides is 1. The summed E-state index contributed by atoms with van der Waals surface area (Å²) >= 11 is 0. The third-order valence-corrected chi connectivity index (χ3v) is 4.40. The van der Waals surface area contributed by atoms with Crippen LogP contribution >= 0.6 is 0 Å². The zero-order valence-electron chi connectivity index (χ0n) is 14.6. The van der Waals surface area contributed by atoms with Crippen LogP contribution < -0.4 is 0 Å². The molecule has 1 N–H and O–H groups in total. The number of carbonyl (C=O) groups is 2. The molecule has 1 saturated heterocycles. The largest absolute Gasteiger partial charge is 0.480 e. The standard InChI is InChI=1S/C17H32N2O3/c1-5-18(13-16(21)22)14-8-11-19(12-9-14)15(20)7-6-10-17(2,3)4/h14H,5-13H2,1-4H3,(H,21,22). The van der Waals surface area contributed by atoms with Crippen LogP contribution in [0.2, 0.25) is 0 Å². The average Bonchev–Trinajstić information content (AvgIpc) is 2.43. The molecule has 128 valence electrons. The van der Waals surface area contributed by atoms with Crippen molar-refractivity contribution in [2.75, 3.05) is 26.2 Å². The Kier molecular flexibility index (Phi) is 7.33. The Morgan fingerprint density at radius 2 is 1.82 bits per heavy atom. The molecule has 0 aliphatic carbocycles. The number of carboxylic acid groups (broad SMARTS) is 1. The smallest absolute Gasteiger partial charge is 0.317 e. The second-order valence-electron chi connectivity index (χ2n) is 7.48. The van der Waals surface area contributed by atoms with Crippen LogP contribution in [0, 0.1) is 5.41 Å². The number of piperidine rings is 1. The van der Waals surface area contributed by atoms with Gasteiger partial charge in [-0.25, -0.2) is 0 Å². The van der Waals surface area contributed by atoms with Crippen LogP contribution in [0.1, 0.15) is 59.8 Å². The topological polar surface area (TPSA) is 60.9 Å². The number of likely N-dealkylation sites (tertiary alicyclic amines) is 1. The lowest BCUT2D eigenvalue weighted by Gasteiger charge is -2.37. The molecule has 1 aliphatic heterocycles. The Morgan fingerprint density at radius 3 is 2.27 bits per heavy atom. The van der Waals surface area contributed by atoms with Crippen LogP contribution in [0.5, 0.6) is 0 Å². The molecule has 0 aromatic rings. The number of likely N-dealkylation sites (N-methyl/N-ethyl adjacent to an activating group) is 1. The van der Waals surface area contributed by atoms with E-state index in [0.717, 1.165) is 45.3 Å². The first kappa shape index (κ1) is 18.9. The zero-order chi connectivity index (χ0) is 16.8. The van der Waals surface area contributed by atoms with E-state index in [1.807, 2.05) is 16.7 Å². The summed E-state index contributed by atoms with van der Waals surface area (Å²) in [7, 11) is 0. The molecular formula is C17H32N2O3. The normalized spacial score (nSPS) is 17.0. The number of carbonyl (C=O) groups excluding carboxylic acids is 1. The summed E-state index contributed by atoms with van der Waals surface area (Å²) in [5.41, 5.74) is 0.283. The minimum atomic E-state index is -0.775. The third kappa shape index (κ3) is 6.77. The fourth-order valence-corrected chi connectivity index (χ4v) is 3.08. The van der Waals surface area contributed by atoms with E-state index in [0.29, 0.717) is 12.5 Å². The Hall–Kier alpha value is -1.10. The lowest BCUT2D eigenvalue weighted by atomic mass is 9.89. The molecule has 5 heteroatoms. The van der Waals surface area contributed by atoms with Crippen molar-refractivity contribution in [3.8, 4) is 0 Å². The Bertz CT molecular complexity index is 369. The molecule has 0 aromatic heterocycles. The quantitative estimate of drug-likeness (QED) is 0.785.